The Hall–Kier alpha value is -0.130. The van der Waals surface area contributed by atoms with Crippen LogP contribution in [0.25, 0.3) is 0 Å². The second kappa shape index (κ2) is 14.5. The van der Waals surface area contributed by atoms with Crippen LogP contribution < -0.4 is 10.6 Å². The molecule has 0 spiro atoms. The van der Waals surface area contributed by atoms with Crippen molar-refractivity contribution in [2.24, 2.45) is 4.99 Å². The van der Waals surface area contributed by atoms with E-state index in [4.69, 9.17) is 4.74 Å². The fourth-order valence-corrected chi connectivity index (χ4v) is 2.46. The smallest absolute Gasteiger partial charge is 0.213 e. The van der Waals surface area contributed by atoms with Crippen LogP contribution in [-0.4, -0.2) is 71.4 Å². The van der Waals surface area contributed by atoms with Gasteiger partial charge in [-0.1, -0.05) is 0 Å². The Morgan fingerprint density at radius 2 is 1.91 bits per heavy atom. The summed E-state index contributed by atoms with van der Waals surface area (Å²) in [6, 6.07) is 0. The summed E-state index contributed by atoms with van der Waals surface area (Å²) in [4.78, 5) is 4.42. The molecule has 0 heterocycles. The number of hydrogen-bond acceptors (Lipinski definition) is 4. The maximum Gasteiger partial charge on any atom is 0.213 e. The van der Waals surface area contributed by atoms with Crippen molar-refractivity contribution < 1.29 is 13.2 Å². The lowest BCUT2D eigenvalue weighted by molar-refractivity contribution is 0.197. The summed E-state index contributed by atoms with van der Waals surface area (Å²) in [7, 11) is 0.205. The second-order valence-electron chi connectivity index (χ2n) is 4.61. The molecule has 0 saturated carbocycles. The van der Waals surface area contributed by atoms with Gasteiger partial charge in [-0.15, -0.1) is 24.0 Å². The highest BCUT2D eigenvalue weighted by atomic mass is 127. The molecule has 0 aromatic rings. The number of sulfonamides is 1. The van der Waals surface area contributed by atoms with Gasteiger partial charge in [0.25, 0.3) is 0 Å². The van der Waals surface area contributed by atoms with Gasteiger partial charge in [0, 0.05) is 46.9 Å². The third-order valence-corrected chi connectivity index (χ3v) is 4.76. The molecule has 134 valence electrons. The summed E-state index contributed by atoms with van der Waals surface area (Å²) in [5.74, 6) is 0.898. The lowest BCUT2D eigenvalue weighted by atomic mass is 10.4. The van der Waals surface area contributed by atoms with Crippen molar-refractivity contribution in [3.8, 4) is 0 Å². The molecule has 0 fully saturated rings. The summed E-state index contributed by atoms with van der Waals surface area (Å²) >= 11 is 0. The molecule has 0 aliphatic rings. The number of rotatable bonds is 11. The Labute approximate surface area is 152 Å². The molecule has 22 heavy (non-hydrogen) atoms. The topological polar surface area (TPSA) is 83.0 Å². The number of hydrogen-bond donors (Lipinski definition) is 2. The summed E-state index contributed by atoms with van der Waals surface area (Å²) in [6.45, 7) is 7.04. The molecular formula is C13H31IN4O3S. The molecule has 0 radical (unpaired) electrons. The minimum absolute atomic E-state index is 0. The van der Waals surface area contributed by atoms with Gasteiger partial charge >= 0.3 is 0 Å². The zero-order chi connectivity index (χ0) is 16.1. The standard InChI is InChI=1S/C13H30N4O3S.HI/c1-5-14-13(16-10-8-12-20-4)15-9-7-11-17(3)21(18,19)6-2;/h5-12H2,1-4H3,(H2,14,15,16);1H. The van der Waals surface area contributed by atoms with E-state index in [2.05, 4.69) is 15.6 Å². The van der Waals surface area contributed by atoms with E-state index in [1.807, 2.05) is 6.92 Å². The predicted octanol–water partition coefficient (Wildman–Crippen LogP) is 0.868. The van der Waals surface area contributed by atoms with E-state index >= 15 is 0 Å². The van der Waals surface area contributed by atoms with Crippen LogP contribution >= 0.6 is 24.0 Å². The number of guanidine groups is 1. The number of aliphatic imine (C=N–C) groups is 1. The first-order valence-electron chi connectivity index (χ1n) is 7.43. The largest absolute Gasteiger partial charge is 0.385 e. The molecule has 0 aromatic carbocycles. The van der Waals surface area contributed by atoms with Crippen LogP contribution in [-0.2, 0) is 14.8 Å². The van der Waals surface area contributed by atoms with Crippen LogP contribution in [0.15, 0.2) is 4.99 Å². The molecule has 9 heteroatoms. The molecule has 0 amide bonds. The van der Waals surface area contributed by atoms with Crippen LogP contribution in [0.4, 0.5) is 0 Å². The predicted molar refractivity (Wildman–Crippen MR) is 103 cm³/mol. The third kappa shape index (κ3) is 11.4. The Bertz CT molecular complexity index is 391. The number of methoxy groups -OCH3 is 1. The van der Waals surface area contributed by atoms with Crippen LogP contribution in [0.3, 0.4) is 0 Å². The lowest BCUT2D eigenvalue weighted by Gasteiger charge is -2.16. The lowest BCUT2D eigenvalue weighted by Crippen LogP contribution is -2.39. The third-order valence-electron chi connectivity index (χ3n) is 2.90. The van der Waals surface area contributed by atoms with Crippen molar-refractivity contribution in [1.82, 2.24) is 14.9 Å². The van der Waals surface area contributed by atoms with Crippen LogP contribution in [0.1, 0.15) is 26.7 Å². The van der Waals surface area contributed by atoms with Gasteiger partial charge in [-0.25, -0.2) is 12.7 Å². The van der Waals surface area contributed by atoms with Crippen molar-refractivity contribution in [2.45, 2.75) is 26.7 Å². The number of halogens is 1. The van der Waals surface area contributed by atoms with Gasteiger partial charge in [0.05, 0.1) is 5.75 Å². The Balaban J connectivity index is 0. The van der Waals surface area contributed by atoms with Crippen LogP contribution in [0.2, 0.25) is 0 Å². The molecule has 0 aliphatic heterocycles. The summed E-state index contributed by atoms with van der Waals surface area (Å²) in [6.07, 6.45) is 1.61. The fourth-order valence-electron chi connectivity index (χ4n) is 1.61. The molecule has 2 N–H and O–H groups in total. The maximum absolute atomic E-state index is 11.6. The molecule has 0 unspecified atom stereocenters. The molecule has 0 atom stereocenters. The Morgan fingerprint density at radius 1 is 1.23 bits per heavy atom. The second-order valence-corrected chi connectivity index (χ2v) is 6.97. The minimum Gasteiger partial charge on any atom is -0.385 e. The number of ether oxygens (including phenoxy) is 1. The summed E-state index contributed by atoms with van der Waals surface area (Å²) in [5, 5.41) is 6.35. The van der Waals surface area contributed by atoms with Crippen molar-refractivity contribution in [3.05, 3.63) is 0 Å². The van der Waals surface area contributed by atoms with E-state index in [1.165, 1.54) is 4.31 Å². The summed E-state index contributed by atoms with van der Waals surface area (Å²) in [5.41, 5.74) is 0. The number of nitrogens with zero attached hydrogens (tertiary/aromatic N) is 2. The van der Waals surface area contributed by atoms with E-state index in [0.29, 0.717) is 26.2 Å². The highest BCUT2D eigenvalue weighted by molar-refractivity contribution is 14.0. The van der Waals surface area contributed by atoms with E-state index in [1.54, 1.807) is 21.1 Å². The van der Waals surface area contributed by atoms with Crippen LogP contribution in [0.5, 0.6) is 0 Å². The first-order chi connectivity index (χ1) is 9.97. The highest BCUT2D eigenvalue weighted by Gasteiger charge is 2.13. The van der Waals surface area contributed by atoms with Crippen molar-refractivity contribution in [2.75, 3.05) is 52.7 Å². The van der Waals surface area contributed by atoms with Gasteiger partial charge in [0.15, 0.2) is 5.96 Å². The van der Waals surface area contributed by atoms with E-state index < -0.39 is 10.0 Å². The molecule has 0 aliphatic carbocycles. The van der Waals surface area contributed by atoms with E-state index in [-0.39, 0.29) is 29.7 Å². The van der Waals surface area contributed by atoms with Gasteiger partial charge in [-0.05, 0) is 26.7 Å². The molecule has 0 aromatic heterocycles. The summed E-state index contributed by atoms with van der Waals surface area (Å²) < 4.78 is 29.6. The molecule has 0 saturated heterocycles. The van der Waals surface area contributed by atoms with Crippen molar-refractivity contribution in [3.63, 3.8) is 0 Å². The van der Waals surface area contributed by atoms with Gasteiger partial charge in [0.1, 0.15) is 0 Å². The highest BCUT2D eigenvalue weighted by Crippen LogP contribution is 1.98. The van der Waals surface area contributed by atoms with E-state index in [9.17, 15) is 8.42 Å². The average Bonchev–Trinajstić information content (AvgIpc) is 2.47. The van der Waals surface area contributed by atoms with Gasteiger partial charge in [0.2, 0.25) is 10.0 Å². The van der Waals surface area contributed by atoms with Gasteiger partial charge in [-0.3, -0.25) is 4.99 Å². The molecule has 0 bridgehead atoms. The van der Waals surface area contributed by atoms with Gasteiger partial charge < -0.3 is 15.4 Å². The van der Waals surface area contributed by atoms with Crippen LogP contribution in [0, 0.1) is 0 Å². The Morgan fingerprint density at radius 3 is 2.45 bits per heavy atom. The molecular weight excluding hydrogens is 419 g/mol. The molecule has 0 rings (SSSR count). The van der Waals surface area contributed by atoms with E-state index in [0.717, 1.165) is 25.3 Å². The van der Waals surface area contributed by atoms with Crippen molar-refractivity contribution >= 4 is 40.0 Å². The van der Waals surface area contributed by atoms with Gasteiger partial charge in [-0.2, -0.15) is 0 Å². The maximum atomic E-state index is 11.6. The fraction of sp³-hybridized carbons (Fsp3) is 0.923. The zero-order valence-electron chi connectivity index (χ0n) is 14.1. The average molecular weight is 450 g/mol. The quantitative estimate of drug-likeness (QED) is 0.211. The monoisotopic (exact) mass is 450 g/mol. The first-order valence-corrected chi connectivity index (χ1v) is 9.04. The SMILES string of the molecule is CCNC(=NCCCOC)NCCCN(C)S(=O)(=O)CC.I. The normalized spacial score (nSPS) is 12.1. The van der Waals surface area contributed by atoms with Crippen molar-refractivity contribution in [1.29, 1.82) is 0 Å². The Kier molecular flexibility index (Phi) is 15.9. The molecule has 7 nitrogen and oxygen atoms in total. The minimum atomic E-state index is -3.08. The first kappa shape index (κ1) is 24.1. The number of nitrogens with one attached hydrogen (secondary N) is 2. The zero-order valence-corrected chi connectivity index (χ0v) is 17.2.